The molecular formula is C15H22BrNO. The van der Waals surface area contributed by atoms with E-state index in [-0.39, 0.29) is 0 Å². The van der Waals surface area contributed by atoms with Crippen molar-refractivity contribution in [3.05, 3.63) is 28.7 Å². The maximum atomic E-state index is 5.79. The van der Waals surface area contributed by atoms with Crippen molar-refractivity contribution in [2.75, 3.05) is 26.2 Å². The van der Waals surface area contributed by atoms with Gasteiger partial charge in [-0.05, 0) is 49.9 Å². The summed E-state index contributed by atoms with van der Waals surface area (Å²) in [4.78, 5) is 2.54. The first-order valence-corrected chi connectivity index (χ1v) is 7.68. The molecule has 0 radical (unpaired) electrons. The zero-order valence-corrected chi connectivity index (χ0v) is 12.7. The summed E-state index contributed by atoms with van der Waals surface area (Å²) in [5.41, 5.74) is 0. The normalized spacial score (nSPS) is 15.1. The first kappa shape index (κ1) is 13.9. The summed E-state index contributed by atoms with van der Waals surface area (Å²) >= 11 is 3.46. The van der Waals surface area contributed by atoms with Crippen LogP contribution in [0.25, 0.3) is 0 Å². The summed E-state index contributed by atoms with van der Waals surface area (Å²) < 4.78 is 6.87. The Bertz CT molecular complexity index is 365. The predicted octanol–water partition coefficient (Wildman–Crippen LogP) is 3.95. The van der Waals surface area contributed by atoms with Crippen molar-refractivity contribution >= 4 is 15.9 Å². The van der Waals surface area contributed by atoms with Crippen LogP contribution in [-0.2, 0) is 0 Å². The number of rotatable bonds is 8. The second kappa shape index (κ2) is 7.15. The van der Waals surface area contributed by atoms with Crippen LogP contribution in [0, 0.1) is 5.92 Å². The largest absolute Gasteiger partial charge is 0.492 e. The van der Waals surface area contributed by atoms with Crippen LogP contribution in [0.3, 0.4) is 0 Å². The number of ether oxygens (including phenoxy) is 1. The molecule has 0 saturated heterocycles. The second-order valence-electron chi connectivity index (χ2n) is 5.05. The van der Waals surface area contributed by atoms with E-state index in [4.69, 9.17) is 4.74 Å². The van der Waals surface area contributed by atoms with E-state index in [1.165, 1.54) is 32.4 Å². The third kappa shape index (κ3) is 4.99. The predicted molar refractivity (Wildman–Crippen MR) is 79.1 cm³/mol. The molecule has 0 bridgehead atoms. The van der Waals surface area contributed by atoms with E-state index >= 15 is 0 Å². The highest BCUT2D eigenvalue weighted by Crippen LogP contribution is 2.29. The number of hydrogen-bond acceptors (Lipinski definition) is 2. The molecule has 1 aromatic carbocycles. The van der Waals surface area contributed by atoms with E-state index in [1.807, 2.05) is 24.3 Å². The molecule has 0 unspecified atom stereocenters. The fraction of sp³-hybridized carbons (Fsp3) is 0.600. The molecule has 0 spiro atoms. The van der Waals surface area contributed by atoms with Gasteiger partial charge in [0.25, 0.3) is 0 Å². The quantitative estimate of drug-likeness (QED) is 0.721. The van der Waals surface area contributed by atoms with Crippen molar-refractivity contribution in [2.24, 2.45) is 5.92 Å². The highest BCUT2D eigenvalue weighted by atomic mass is 79.9. The summed E-state index contributed by atoms with van der Waals surface area (Å²) in [7, 11) is 0. The Balaban J connectivity index is 1.71. The average molecular weight is 312 g/mol. The molecule has 1 aliphatic rings. The van der Waals surface area contributed by atoms with Crippen LogP contribution in [0.2, 0.25) is 0 Å². The molecule has 2 rings (SSSR count). The summed E-state index contributed by atoms with van der Waals surface area (Å²) in [5.74, 6) is 1.91. The van der Waals surface area contributed by atoms with E-state index < -0.39 is 0 Å². The first-order chi connectivity index (χ1) is 8.78. The topological polar surface area (TPSA) is 12.5 Å². The number of nitrogens with zero attached hydrogens (tertiary/aromatic N) is 1. The molecule has 0 aliphatic heterocycles. The lowest BCUT2D eigenvalue weighted by atomic mass is 10.3. The maximum absolute atomic E-state index is 5.79. The van der Waals surface area contributed by atoms with Crippen molar-refractivity contribution in [2.45, 2.75) is 26.2 Å². The van der Waals surface area contributed by atoms with E-state index in [0.29, 0.717) is 0 Å². The Hall–Kier alpha value is -0.540. The van der Waals surface area contributed by atoms with Crippen molar-refractivity contribution in [1.82, 2.24) is 4.90 Å². The van der Waals surface area contributed by atoms with E-state index in [2.05, 4.69) is 27.8 Å². The molecule has 1 fully saturated rings. The van der Waals surface area contributed by atoms with Crippen LogP contribution >= 0.6 is 15.9 Å². The van der Waals surface area contributed by atoms with E-state index in [0.717, 1.165) is 29.3 Å². The summed E-state index contributed by atoms with van der Waals surface area (Å²) in [6.07, 6.45) is 4.07. The molecule has 0 heterocycles. The SMILES string of the molecule is CCCN(CCOc1cccc(Br)c1)CC1CC1. The minimum atomic E-state index is 0.781. The molecular weight excluding hydrogens is 290 g/mol. The van der Waals surface area contributed by atoms with Gasteiger partial charge in [0.1, 0.15) is 12.4 Å². The zero-order valence-electron chi connectivity index (χ0n) is 11.1. The van der Waals surface area contributed by atoms with Crippen LogP contribution in [0.1, 0.15) is 26.2 Å². The molecule has 0 N–H and O–H groups in total. The lowest BCUT2D eigenvalue weighted by Crippen LogP contribution is -2.31. The van der Waals surface area contributed by atoms with Gasteiger partial charge < -0.3 is 4.74 Å². The maximum Gasteiger partial charge on any atom is 0.120 e. The lowest BCUT2D eigenvalue weighted by Gasteiger charge is -2.21. The molecule has 0 atom stereocenters. The van der Waals surface area contributed by atoms with E-state index in [9.17, 15) is 0 Å². The van der Waals surface area contributed by atoms with Gasteiger partial charge in [0.05, 0.1) is 0 Å². The fourth-order valence-corrected chi connectivity index (χ4v) is 2.50. The minimum Gasteiger partial charge on any atom is -0.492 e. The molecule has 3 heteroatoms. The Morgan fingerprint density at radius 1 is 1.33 bits per heavy atom. The average Bonchev–Trinajstić information content (AvgIpc) is 3.13. The molecule has 18 heavy (non-hydrogen) atoms. The summed E-state index contributed by atoms with van der Waals surface area (Å²) in [5, 5.41) is 0. The monoisotopic (exact) mass is 311 g/mol. The minimum absolute atomic E-state index is 0.781. The van der Waals surface area contributed by atoms with Crippen molar-refractivity contribution in [3.63, 3.8) is 0 Å². The van der Waals surface area contributed by atoms with Crippen LogP contribution in [0.15, 0.2) is 28.7 Å². The van der Waals surface area contributed by atoms with Gasteiger partial charge in [-0.1, -0.05) is 28.9 Å². The van der Waals surface area contributed by atoms with Gasteiger partial charge in [0, 0.05) is 17.6 Å². The molecule has 1 aliphatic carbocycles. The third-order valence-corrected chi connectivity index (χ3v) is 3.72. The smallest absolute Gasteiger partial charge is 0.120 e. The third-order valence-electron chi connectivity index (χ3n) is 3.23. The van der Waals surface area contributed by atoms with Crippen molar-refractivity contribution in [1.29, 1.82) is 0 Å². The Morgan fingerprint density at radius 3 is 2.83 bits per heavy atom. The Morgan fingerprint density at radius 2 is 2.17 bits per heavy atom. The zero-order chi connectivity index (χ0) is 12.8. The molecule has 100 valence electrons. The Kier molecular flexibility index (Phi) is 5.51. The fourth-order valence-electron chi connectivity index (χ4n) is 2.13. The molecule has 1 aromatic rings. The standard InChI is InChI=1S/C15H22BrNO/c1-2-8-17(12-13-6-7-13)9-10-18-15-5-3-4-14(16)11-15/h3-5,11,13H,2,6-10,12H2,1H3. The van der Waals surface area contributed by atoms with Crippen molar-refractivity contribution in [3.8, 4) is 5.75 Å². The van der Waals surface area contributed by atoms with Crippen LogP contribution in [-0.4, -0.2) is 31.1 Å². The van der Waals surface area contributed by atoms with Gasteiger partial charge >= 0.3 is 0 Å². The molecule has 2 nitrogen and oxygen atoms in total. The summed E-state index contributed by atoms with van der Waals surface area (Å²) in [6.45, 7) is 6.52. The molecule has 0 aromatic heterocycles. The molecule has 1 saturated carbocycles. The first-order valence-electron chi connectivity index (χ1n) is 6.88. The van der Waals surface area contributed by atoms with Crippen LogP contribution in [0.5, 0.6) is 5.75 Å². The van der Waals surface area contributed by atoms with Gasteiger partial charge in [-0.15, -0.1) is 0 Å². The van der Waals surface area contributed by atoms with Gasteiger partial charge in [-0.3, -0.25) is 4.90 Å². The van der Waals surface area contributed by atoms with E-state index in [1.54, 1.807) is 0 Å². The number of hydrogen-bond donors (Lipinski definition) is 0. The lowest BCUT2D eigenvalue weighted by molar-refractivity contribution is 0.203. The van der Waals surface area contributed by atoms with Gasteiger partial charge in [0.15, 0.2) is 0 Å². The van der Waals surface area contributed by atoms with Gasteiger partial charge in [-0.25, -0.2) is 0 Å². The number of halogens is 1. The highest BCUT2D eigenvalue weighted by Gasteiger charge is 2.23. The highest BCUT2D eigenvalue weighted by molar-refractivity contribution is 9.10. The van der Waals surface area contributed by atoms with Crippen molar-refractivity contribution < 1.29 is 4.74 Å². The summed E-state index contributed by atoms with van der Waals surface area (Å²) in [6, 6.07) is 8.05. The second-order valence-corrected chi connectivity index (χ2v) is 5.97. The molecule has 0 amide bonds. The van der Waals surface area contributed by atoms with Crippen LogP contribution in [0.4, 0.5) is 0 Å². The Labute approximate surface area is 118 Å². The van der Waals surface area contributed by atoms with Crippen LogP contribution < -0.4 is 4.74 Å². The van der Waals surface area contributed by atoms with Gasteiger partial charge in [-0.2, -0.15) is 0 Å². The van der Waals surface area contributed by atoms with Gasteiger partial charge in [0.2, 0.25) is 0 Å². The number of benzene rings is 1.